The second-order valence-corrected chi connectivity index (χ2v) is 9.32. The fourth-order valence-electron chi connectivity index (χ4n) is 5.02. The maximum atomic E-state index is 14.9. The molecule has 1 N–H and O–H groups in total. The number of halogens is 4. The minimum Gasteiger partial charge on any atom is -0.479 e. The number of ether oxygens (including phenoxy) is 2. The highest BCUT2D eigenvalue weighted by Crippen LogP contribution is 2.34. The van der Waals surface area contributed by atoms with Gasteiger partial charge < -0.3 is 19.4 Å². The van der Waals surface area contributed by atoms with Crippen molar-refractivity contribution in [1.29, 1.82) is 0 Å². The predicted molar refractivity (Wildman–Crippen MR) is 127 cm³/mol. The Hall–Kier alpha value is -3.45. The van der Waals surface area contributed by atoms with Gasteiger partial charge in [0.1, 0.15) is 17.2 Å². The first-order valence-electron chi connectivity index (χ1n) is 12.0. The quantitative estimate of drug-likeness (QED) is 0.375. The van der Waals surface area contributed by atoms with Crippen molar-refractivity contribution in [3.8, 4) is 17.0 Å². The van der Waals surface area contributed by atoms with Gasteiger partial charge in [0.25, 0.3) is 6.43 Å². The summed E-state index contributed by atoms with van der Waals surface area (Å²) in [6.07, 6.45) is -0.268. The topological polar surface area (TPSA) is 81.7 Å². The first kappa shape index (κ1) is 23.9. The number of likely N-dealkylation sites (tertiary alicyclic amines) is 1. The molecule has 4 aromatic rings. The zero-order valence-corrected chi connectivity index (χ0v) is 20.0. The number of fused-ring (bicyclic) bond motifs is 2. The van der Waals surface area contributed by atoms with Gasteiger partial charge in [-0.25, -0.2) is 27.1 Å². The van der Waals surface area contributed by atoms with Crippen LogP contribution < -0.4 is 10.1 Å². The lowest BCUT2D eigenvalue weighted by molar-refractivity contribution is -0.0794. The maximum Gasteiger partial charge on any atom is 0.256 e. The average Bonchev–Trinajstić information content (AvgIpc) is 3.43. The van der Waals surface area contributed by atoms with E-state index >= 15 is 0 Å². The van der Waals surface area contributed by atoms with E-state index in [0.29, 0.717) is 42.8 Å². The molecule has 13 heteroatoms. The molecule has 2 fully saturated rings. The summed E-state index contributed by atoms with van der Waals surface area (Å²) in [6, 6.07) is 4.42. The van der Waals surface area contributed by atoms with Gasteiger partial charge in [-0.1, -0.05) is 0 Å². The highest BCUT2D eigenvalue weighted by Gasteiger charge is 2.35. The third kappa shape index (κ3) is 4.35. The van der Waals surface area contributed by atoms with Gasteiger partial charge in [-0.3, -0.25) is 4.90 Å². The van der Waals surface area contributed by atoms with E-state index in [9.17, 15) is 17.6 Å². The van der Waals surface area contributed by atoms with Crippen molar-refractivity contribution in [1.82, 2.24) is 29.0 Å². The van der Waals surface area contributed by atoms with E-state index in [4.69, 9.17) is 9.47 Å². The van der Waals surface area contributed by atoms with Crippen LogP contribution in [0.5, 0.6) is 5.88 Å². The lowest BCUT2D eigenvalue weighted by Gasteiger charge is -2.42. The van der Waals surface area contributed by atoms with Crippen molar-refractivity contribution >= 4 is 22.5 Å². The molecule has 1 aromatic carbocycles. The number of methoxy groups -OCH3 is 1. The third-order valence-corrected chi connectivity index (χ3v) is 7.02. The van der Waals surface area contributed by atoms with E-state index in [0.717, 1.165) is 6.54 Å². The normalized spacial score (nSPS) is 21.1. The lowest BCUT2D eigenvalue weighted by atomic mass is 10.0. The summed E-state index contributed by atoms with van der Waals surface area (Å²) >= 11 is 0. The molecule has 196 valence electrons. The zero-order valence-electron chi connectivity index (χ0n) is 20.0. The number of rotatable bonds is 7. The zero-order chi connectivity index (χ0) is 25.7. The molecule has 2 aliphatic rings. The Morgan fingerprint density at radius 1 is 1.27 bits per heavy atom. The Balaban J connectivity index is 1.31. The first-order valence-corrected chi connectivity index (χ1v) is 12.0. The molecular formula is C24H25F4N7O2. The van der Waals surface area contributed by atoms with Gasteiger partial charge in [0, 0.05) is 24.8 Å². The van der Waals surface area contributed by atoms with Crippen LogP contribution in [0, 0.1) is 5.82 Å². The number of piperidine rings is 1. The number of alkyl halides is 3. The first-order chi connectivity index (χ1) is 17.9. The molecule has 2 atom stereocenters. The van der Waals surface area contributed by atoms with Crippen LogP contribution in [0.2, 0.25) is 0 Å². The number of hydrogen-bond donors (Lipinski definition) is 1. The van der Waals surface area contributed by atoms with Crippen molar-refractivity contribution in [2.45, 2.75) is 37.6 Å². The molecule has 0 radical (unpaired) electrons. The minimum absolute atomic E-state index is 0.0132. The third-order valence-electron chi connectivity index (χ3n) is 7.02. The largest absolute Gasteiger partial charge is 0.479 e. The van der Waals surface area contributed by atoms with Gasteiger partial charge in [0.05, 0.1) is 50.8 Å². The summed E-state index contributed by atoms with van der Waals surface area (Å²) in [4.78, 5) is 10.5. The average molecular weight is 520 g/mol. The van der Waals surface area contributed by atoms with Crippen LogP contribution in [0.15, 0.2) is 30.7 Å². The van der Waals surface area contributed by atoms with Crippen LogP contribution in [-0.2, 0) is 11.3 Å². The van der Waals surface area contributed by atoms with Crippen LogP contribution in [0.25, 0.3) is 27.7 Å². The molecule has 3 aromatic heterocycles. The maximum absolute atomic E-state index is 14.9. The summed E-state index contributed by atoms with van der Waals surface area (Å²) in [5.74, 6) is -0.221. The van der Waals surface area contributed by atoms with Crippen molar-refractivity contribution in [2.24, 2.45) is 0 Å². The van der Waals surface area contributed by atoms with Crippen LogP contribution in [-0.4, -0.2) is 87.1 Å². The predicted octanol–water partition coefficient (Wildman–Crippen LogP) is 3.38. The standard InChI is InChI=1S/C24H25F4N7O2/c1-36-23-22-15(13-6-16(25)21-19(7-13)34(12-29-21)9-20(27)28)2-5-35(22)32-24(31-23)30-18-3-4-33(8-17(18)26)14-10-37-11-14/h2,5-7,12,14,17-18,20H,3-4,8-11H2,1H3,(H,30,32)/t17-,18+/m0/s1. The molecule has 6 rings (SSSR count). The van der Waals surface area contributed by atoms with Crippen LogP contribution in [0.3, 0.4) is 0 Å². The molecule has 0 aliphatic carbocycles. The second-order valence-electron chi connectivity index (χ2n) is 9.32. The summed E-state index contributed by atoms with van der Waals surface area (Å²) in [5, 5.41) is 7.57. The summed E-state index contributed by atoms with van der Waals surface area (Å²) in [6.45, 7) is 1.75. The summed E-state index contributed by atoms with van der Waals surface area (Å²) in [5.41, 5.74) is 1.71. The summed E-state index contributed by atoms with van der Waals surface area (Å²) in [7, 11) is 1.45. The molecule has 0 bridgehead atoms. The van der Waals surface area contributed by atoms with Gasteiger partial charge in [0.15, 0.2) is 5.82 Å². The van der Waals surface area contributed by atoms with Crippen molar-refractivity contribution in [3.05, 3.63) is 36.5 Å². The van der Waals surface area contributed by atoms with E-state index in [1.165, 1.54) is 28.6 Å². The molecule has 0 amide bonds. The van der Waals surface area contributed by atoms with Gasteiger partial charge in [0.2, 0.25) is 11.8 Å². The Labute approximate surface area is 209 Å². The second kappa shape index (κ2) is 9.45. The Morgan fingerprint density at radius 2 is 2.11 bits per heavy atom. The van der Waals surface area contributed by atoms with Crippen LogP contribution in [0.4, 0.5) is 23.5 Å². The number of imidazole rings is 1. The SMILES string of the molecule is COc1nc(N[C@@H]2CCN(C3COC3)C[C@@H]2F)nn2ccc(-c3cc(F)c4ncn(CC(F)F)c4c3)c12. The molecule has 37 heavy (non-hydrogen) atoms. The Bertz CT molecular complexity index is 1440. The van der Waals surface area contributed by atoms with Crippen molar-refractivity contribution in [3.63, 3.8) is 0 Å². The molecule has 0 saturated carbocycles. The van der Waals surface area contributed by atoms with Gasteiger partial charge in [-0.15, -0.1) is 5.10 Å². The summed E-state index contributed by atoms with van der Waals surface area (Å²) < 4.78 is 69.3. The van der Waals surface area contributed by atoms with E-state index in [1.54, 1.807) is 18.3 Å². The Kier molecular flexibility index (Phi) is 6.11. The van der Waals surface area contributed by atoms with E-state index in [-0.39, 0.29) is 28.9 Å². The fraction of sp³-hybridized carbons (Fsp3) is 0.458. The monoisotopic (exact) mass is 519 g/mol. The fourth-order valence-corrected chi connectivity index (χ4v) is 5.02. The minimum atomic E-state index is -2.61. The molecule has 0 spiro atoms. The number of nitrogens with zero attached hydrogens (tertiary/aromatic N) is 6. The molecule has 0 unspecified atom stereocenters. The number of hydrogen-bond acceptors (Lipinski definition) is 7. The number of nitrogens with one attached hydrogen (secondary N) is 1. The van der Waals surface area contributed by atoms with Crippen LogP contribution >= 0.6 is 0 Å². The van der Waals surface area contributed by atoms with Crippen molar-refractivity contribution in [2.75, 3.05) is 38.7 Å². The molecule has 2 aliphatic heterocycles. The molecule has 9 nitrogen and oxygen atoms in total. The van der Waals surface area contributed by atoms with Crippen LogP contribution in [0.1, 0.15) is 6.42 Å². The molecule has 2 saturated heterocycles. The van der Waals surface area contributed by atoms with E-state index < -0.39 is 31.0 Å². The highest BCUT2D eigenvalue weighted by molar-refractivity contribution is 5.90. The molecule has 5 heterocycles. The number of aromatic nitrogens is 5. The number of benzene rings is 1. The van der Waals surface area contributed by atoms with Gasteiger partial charge in [-0.2, -0.15) is 4.98 Å². The number of anilines is 1. The smallest absolute Gasteiger partial charge is 0.256 e. The molecular weight excluding hydrogens is 494 g/mol. The van der Waals surface area contributed by atoms with Gasteiger partial charge in [-0.05, 0) is 30.2 Å². The van der Waals surface area contributed by atoms with Crippen molar-refractivity contribution < 1.29 is 27.0 Å². The Morgan fingerprint density at radius 3 is 2.81 bits per heavy atom. The highest BCUT2D eigenvalue weighted by atomic mass is 19.3. The van der Waals surface area contributed by atoms with Gasteiger partial charge >= 0.3 is 0 Å². The lowest BCUT2D eigenvalue weighted by Crippen LogP contribution is -2.57. The van der Waals surface area contributed by atoms with E-state index in [2.05, 4.69) is 25.3 Å². The van der Waals surface area contributed by atoms with E-state index in [1.807, 2.05) is 0 Å².